The Kier molecular flexibility index (Phi) is 5.20. The molecule has 1 aliphatic heterocycles. The van der Waals surface area contributed by atoms with Gasteiger partial charge in [0, 0.05) is 23.4 Å². The molecular weight excluding hydrogens is 250 g/mol. The van der Waals surface area contributed by atoms with Gasteiger partial charge in [0.05, 0.1) is 0 Å². The summed E-state index contributed by atoms with van der Waals surface area (Å²) in [4.78, 5) is 0. The molecule has 1 nitrogen and oxygen atoms in total. The van der Waals surface area contributed by atoms with Crippen molar-refractivity contribution < 1.29 is 0 Å². The van der Waals surface area contributed by atoms with E-state index in [2.05, 4.69) is 36.1 Å². The lowest BCUT2D eigenvalue weighted by atomic mass is 10.1. The molecule has 1 heterocycles. The maximum atomic E-state index is 6.21. The Hall–Kier alpha value is -0.180. The highest BCUT2D eigenvalue weighted by molar-refractivity contribution is 7.99. The number of hydrogen-bond acceptors (Lipinski definition) is 2. The van der Waals surface area contributed by atoms with Gasteiger partial charge >= 0.3 is 0 Å². The molecular formula is C14H20ClNS. The number of halogens is 1. The van der Waals surface area contributed by atoms with Crippen LogP contribution in [0.3, 0.4) is 0 Å². The Morgan fingerprint density at radius 2 is 2.29 bits per heavy atom. The number of aryl methyl sites for hydroxylation is 1. The standard InChI is InChI=1S/C14H20ClNS/c1-11-5-6-12(14(15)8-11)9-16-10-13-4-2-3-7-17-13/h5-6,8,13,16H,2-4,7,9-10H2,1H3. The van der Waals surface area contributed by atoms with Crippen molar-refractivity contribution in [1.82, 2.24) is 5.32 Å². The molecule has 2 rings (SSSR count). The molecule has 0 amide bonds. The molecule has 0 aromatic heterocycles. The Bertz CT molecular complexity index is 361. The van der Waals surface area contributed by atoms with E-state index in [1.165, 1.54) is 36.1 Å². The van der Waals surface area contributed by atoms with E-state index in [1.54, 1.807) is 0 Å². The van der Waals surface area contributed by atoms with Crippen LogP contribution in [0.15, 0.2) is 18.2 Å². The average Bonchev–Trinajstić information content (AvgIpc) is 2.33. The summed E-state index contributed by atoms with van der Waals surface area (Å²) in [6, 6.07) is 6.28. The van der Waals surface area contributed by atoms with Crippen molar-refractivity contribution in [2.24, 2.45) is 0 Å². The lowest BCUT2D eigenvalue weighted by molar-refractivity contribution is 0.598. The fraction of sp³-hybridized carbons (Fsp3) is 0.571. The fourth-order valence-corrected chi connectivity index (χ4v) is 3.71. The van der Waals surface area contributed by atoms with Crippen LogP contribution >= 0.6 is 23.4 Å². The molecule has 0 saturated carbocycles. The van der Waals surface area contributed by atoms with Crippen LogP contribution in [0.4, 0.5) is 0 Å². The van der Waals surface area contributed by atoms with Crippen molar-refractivity contribution in [2.75, 3.05) is 12.3 Å². The van der Waals surface area contributed by atoms with E-state index in [4.69, 9.17) is 11.6 Å². The fourth-order valence-electron chi connectivity index (χ4n) is 2.13. The van der Waals surface area contributed by atoms with Crippen molar-refractivity contribution >= 4 is 23.4 Å². The second-order valence-corrected chi connectivity index (χ2v) is 6.53. The van der Waals surface area contributed by atoms with E-state index in [-0.39, 0.29) is 0 Å². The second-order valence-electron chi connectivity index (χ2n) is 4.71. The number of rotatable bonds is 4. The molecule has 1 aliphatic rings. The van der Waals surface area contributed by atoms with Crippen molar-refractivity contribution in [1.29, 1.82) is 0 Å². The van der Waals surface area contributed by atoms with Gasteiger partial charge in [0.1, 0.15) is 0 Å². The lowest BCUT2D eigenvalue weighted by Gasteiger charge is -2.21. The average molecular weight is 270 g/mol. The van der Waals surface area contributed by atoms with Crippen LogP contribution in [0.1, 0.15) is 30.4 Å². The van der Waals surface area contributed by atoms with Gasteiger partial charge in [-0.3, -0.25) is 0 Å². The summed E-state index contributed by atoms with van der Waals surface area (Å²) in [5, 5.41) is 5.21. The minimum absolute atomic E-state index is 0.799. The molecule has 0 radical (unpaired) electrons. The highest BCUT2D eigenvalue weighted by Crippen LogP contribution is 2.24. The van der Waals surface area contributed by atoms with Gasteiger partial charge in [-0.2, -0.15) is 11.8 Å². The third-order valence-corrected chi connectivity index (χ3v) is 4.92. The maximum Gasteiger partial charge on any atom is 0.0453 e. The summed E-state index contributed by atoms with van der Waals surface area (Å²) in [5.74, 6) is 1.33. The van der Waals surface area contributed by atoms with Gasteiger partial charge in [0.25, 0.3) is 0 Å². The first-order valence-electron chi connectivity index (χ1n) is 6.33. The summed E-state index contributed by atoms with van der Waals surface area (Å²) in [6.07, 6.45) is 4.15. The smallest absolute Gasteiger partial charge is 0.0453 e. The van der Waals surface area contributed by atoms with Crippen molar-refractivity contribution in [3.63, 3.8) is 0 Å². The molecule has 3 heteroatoms. The van der Waals surface area contributed by atoms with Gasteiger partial charge in [-0.15, -0.1) is 0 Å². The Balaban J connectivity index is 1.77. The molecule has 0 spiro atoms. The third kappa shape index (κ3) is 4.20. The molecule has 1 unspecified atom stereocenters. The minimum atomic E-state index is 0.799. The molecule has 17 heavy (non-hydrogen) atoms. The molecule has 94 valence electrons. The highest BCUT2D eigenvalue weighted by atomic mass is 35.5. The minimum Gasteiger partial charge on any atom is -0.312 e. The predicted molar refractivity (Wildman–Crippen MR) is 78.0 cm³/mol. The van der Waals surface area contributed by atoms with Crippen molar-refractivity contribution in [3.05, 3.63) is 34.3 Å². The van der Waals surface area contributed by atoms with Gasteiger partial charge in [0.2, 0.25) is 0 Å². The van der Waals surface area contributed by atoms with Gasteiger partial charge in [-0.25, -0.2) is 0 Å². The van der Waals surface area contributed by atoms with Crippen LogP contribution in [-0.4, -0.2) is 17.5 Å². The zero-order valence-electron chi connectivity index (χ0n) is 10.3. The van der Waals surface area contributed by atoms with Crippen molar-refractivity contribution in [3.8, 4) is 0 Å². The Labute approximate surface area is 113 Å². The Morgan fingerprint density at radius 3 is 3.00 bits per heavy atom. The second kappa shape index (κ2) is 6.67. The van der Waals surface area contributed by atoms with Crippen LogP contribution in [-0.2, 0) is 6.54 Å². The number of thioether (sulfide) groups is 1. The SMILES string of the molecule is Cc1ccc(CNCC2CCCCS2)c(Cl)c1. The summed E-state index contributed by atoms with van der Waals surface area (Å²) >= 11 is 8.32. The number of nitrogens with one attached hydrogen (secondary N) is 1. The van der Waals surface area contributed by atoms with Crippen LogP contribution in [0.5, 0.6) is 0 Å². The summed E-state index contributed by atoms with van der Waals surface area (Å²) in [6.45, 7) is 4.06. The molecule has 1 N–H and O–H groups in total. The summed E-state index contributed by atoms with van der Waals surface area (Å²) in [5.41, 5.74) is 2.43. The molecule has 0 bridgehead atoms. The van der Waals surface area contributed by atoms with Gasteiger partial charge in [-0.05, 0) is 42.7 Å². The summed E-state index contributed by atoms with van der Waals surface area (Å²) in [7, 11) is 0. The highest BCUT2D eigenvalue weighted by Gasteiger charge is 2.13. The van der Waals surface area contributed by atoms with E-state index in [0.717, 1.165) is 23.4 Å². The molecule has 1 aromatic carbocycles. The van der Waals surface area contributed by atoms with Crippen molar-refractivity contribution in [2.45, 2.75) is 38.0 Å². The number of hydrogen-bond donors (Lipinski definition) is 1. The van der Waals surface area contributed by atoms with Crippen LogP contribution in [0.25, 0.3) is 0 Å². The predicted octanol–water partition coefficient (Wildman–Crippen LogP) is 4.02. The lowest BCUT2D eigenvalue weighted by Crippen LogP contribution is -2.26. The monoisotopic (exact) mass is 269 g/mol. The third-order valence-electron chi connectivity index (χ3n) is 3.17. The molecule has 1 fully saturated rings. The first-order chi connectivity index (χ1) is 8.25. The van der Waals surface area contributed by atoms with Gasteiger partial charge < -0.3 is 5.32 Å². The zero-order chi connectivity index (χ0) is 12.1. The van der Waals surface area contributed by atoms with Crippen LogP contribution in [0, 0.1) is 6.92 Å². The van der Waals surface area contributed by atoms with Crippen LogP contribution in [0.2, 0.25) is 5.02 Å². The number of benzene rings is 1. The van der Waals surface area contributed by atoms with E-state index >= 15 is 0 Å². The van der Waals surface area contributed by atoms with E-state index < -0.39 is 0 Å². The quantitative estimate of drug-likeness (QED) is 0.886. The molecule has 1 saturated heterocycles. The topological polar surface area (TPSA) is 12.0 Å². The summed E-state index contributed by atoms with van der Waals surface area (Å²) < 4.78 is 0. The first-order valence-corrected chi connectivity index (χ1v) is 7.76. The maximum absolute atomic E-state index is 6.21. The zero-order valence-corrected chi connectivity index (χ0v) is 11.9. The normalized spacial score (nSPS) is 20.5. The van der Waals surface area contributed by atoms with E-state index in [0.29, 0.717) is 0 Å². The van der Waals surface area contributed by atoms with Crippen LogP contribution < -0.4 is 5.32 Å². The molecule has 1 atom stereocenters. The molecule has 0 aliphatic carbocycles. The van der Waals surface area contributed by atoms with E-state index in [1.807, 2.05) is 6.07 Å². The first kappa shape index (κ1) is 13.3. The largest absolute Gasteiger partial charge is 0.312 e. The van der Waals surface area contributed by atoms with E-state index in [9.17, 15) is 0 Å². The molecule has 1 aromatic rings. The van der Waals surface area contributed by atoms with Gasteiger partial charge in [-0.1, -0.05) is 30.2 Å². The van der Waals surface area contributed by atoms with Gasteiger partial charge in [0.15, 0.2) is 0 Å². The Morgan fingerprint density at radius 1 is 1.41 bits per heavy atom.